The van der Waals surface area contributed by atoms with Crippen molar-refractivity contribution in [2.45, 2.75) is 18.9 Å². The van der Waals surface area contributed by atoms with E-state index >= 15 is 0 Å². The molecule has 0 saturated carbocycles. The first-order chi connectivity index (χ1) is 8.99. The fourth-order valence-electron chi connectivity index (χ4n) is 2.33. The van der Waals surface area contributed by atoms with Gasteiger partial charge in [-0.1, -0.05) is 0 Å². The average Bonchev–Trinajstić information content (AvgIpc) is 2.35. The smallest absolute Gasteiger partial charge is 0.336 e. The van der Waals surface area contributed by atoms with Crippen LogP contribution in [0.15, 0.2) is 16.6 Å². The van der Waals surface area contributed by atoms with E-state index in [-0.39, 0.29) is 16.1 Å². The summed E-state index contributed by atoms with van der Waals surface area (Å²) in [4.78, 5) is 13.1. The maximum absolute atomic E-state index is 14.1. The maximum Gasteiger partial charge on any atom is 0.336 e. The van der Waals surface area contributed by atoms with Crippen LogP contribution in [0.25, 0.3) is 0 Å². The standard InChI is InChI=1S/C13H16BrFN2O2/c1-17-6-2-3-8(7-17)16-10-5-4-9(13(18)19)11(14)12(10)15/h4-5,8,16H,2-3,6-7H2,1H3,(H,18,19). The minimum atomic E-state index is -1.14. The molecule has 1 aliphatic heterocycles. The molecule has 6 heteroatoms. The summed E-state index contributed by atoms with van der Waals surface area (Å²) in [6, 6.07) is 3.08. The molecular formula is C13H16BrFN2O2. The molecule has 2 N–H and O–H groups in total. The number of benzene rings is 1. The number of rotatable bonds is 3. The van der Waals surface area contributed by atoms with Gasteiger partial charge in [0.1, 0.15) is 0 Å². The zero-order valence-corrected chi connectivity index (χ0v) is 12.2. The fourth-order valence-corrected chi connectivity index (χ4v) is 2.85. The number of aromatic carboxylic acids is 1. The molecule has 104 valence electrons. The third kappa shape index (κ3) is 3.25. The summed E-state index contributed by atoms with van der Waals surface area (Å²) < 4.78 is 14.1. The average molecular weight is 331 g/mol. The van der Waals surface area contributed by atoms with Crippen molar-refractivity contribution in [3.8, 4) is 0 Å². The number of nitrogens with zero attached hydrogens (tertiary/aromatic N) is 1. The van der Waals surface area contributed by atoms with Crippen molar-refractivity contribution in [2.24, 2.45) is 0 Å². The topological polar surface area (TPSA) is 52.6 Å². The highest BCUT2D eigenvalue weighted by Crippen LogP contribution is 2.28. The Morgan fingerprint density at radius 1 is 1.58 bits per heavy atom. The van der Waals surface area contributed by atoms with Crippen molar-refractivity contribution >= 4 is 27.6 Å². The molecule has 0 radical (unpaired) electrons. The number of nitrogens with one attached hydrogen (secondary N) is 1. The molecule has 19 heavy (non-hydrogen) atoms. The van der Waals surface area contributed by atoms with Gasteiger partial charge in [0.15, 0.2) is 5.82 Å². The molecule has 1 atom stereocenters. The summed E-state index contributed by atoms with van der Waals surface area (Å²) in [6.07, 6.45) is 2.06. The monoisotopic (exact) mass is 330 g/mol. The number of anilines is 1. The van der Waals surface area contributed by atoms with E-state index in [0.29, 0.717) is 5.69 Å². The van der Waals surface area contributed by atoms with Gasteiger partial charge in [0, 0.05) is 12.6 Å². The summed E-state index contributed by atoms with van der Waals surface area (Å²) >= 11 is 3.00. The van der Waals surface area contributed by atoms with E-state index in [1.807, 2.05) is 7.05 Å². The molecule has 0 spiro atoms. The summed E-state index contributed by atoms with van der Waals surface area (Å²) in [5, 5.41) is 12.1. The van der Waals surface area contributed by atoms with Crippen molar-refractivity contribution in [1.82, 2.24) is 4.90 Å². The van der Waals surface area contributed by atoms with E-state index in [1.54, 1.807) is 0 Å². The SMILES string of the molecule is CN1CCCC(Nc2ccc(C(=O)O)c(Br)c2F)C1. The highest BCUT2D eigenvalue weighted by Gasteiger charge is 2.20. The van der Waals surface area contributed by atoms with Crippen LogP contribution in [0, 0.1) is 5.82 Å². The number of piperidine rings is 1. The van der Waals surface area contributed by atoms with Crippen LogP contribution in [-0.2, 0) is 0 Å². The van der Waals surface area contributed by atoms with Gasteiger partial charge in [-0.25, -0.2) is 9.18 Å². The minimum Gasteiger partial charge on any atom is -0.478 e. The van der Waals surface area contributed by atoms with Gasteiger partial charge < -0.3 is 15.3 Å². The zero-order valence-electron chi connectivity index (χ0n) is 10.6. The number of hydrogen-bond acceptors (Lipinski definition) is 3. The second-order valence-electron chi connectivity index (χ2n) is 4.84. The number of carboxylic acid groups (broad SMARTS) is 1. The van der Waals surface area contributed by atoms with Gasteiger partial charge in [-0.3, -0.25) is 0 Å². The summed E-state index contributed by atoms with van der Waals surface area (Å²) in [7, 11) is 2.04. The van der Waals surface area contributed by atoms with Crippen molar-refractivity contribution in [3.63, 3.8) is 0 Å². The number of hydrogen-bond donors (Lipinski definition) is 2. The summed E-state index contributed by atoms with van der Waals surface area (Å²) in [6.45, 7) is 1.92. The van der Waals surface area contributed by atoms with E-state index in [1.165, 1.54) is 12.1 Å². The number of halogens is 2. The van der Waals surface area contributed by atoms with Gasteiger partial charge in [-0.05, 0) is 54.5 Å². The molecule has 0 bridgehead atoms. The van der Waals surface area contributed by atoms with E-state index in [4.69, 9.17) is 5.11 Å². The first-order valence-electron chi connectivity index (χ1n) is 6.15. The summed E-state index contributed by atoms with van der Waals surface area (Å²) in [5.74, 6) is -1.69. The van der Waals surface area contributed by atoms with Gasteiger partial charge in [0.25, 0.3) is 0 Å². The lowest BCUT2D eigenvalue weighted by Gasteiger charge is -2.31. The first-order valence-corrected chi connectivity index (χ1v) is 6.94. The molecule has 1 aliphatic rings. The van der Waals surface area contributed by atoms with Crippen molar-refractivity contribution in [1.29, 1.82) is 0 Å². The van der Waals surface area contributed by atoms with Crippen LogP contribution in [0.5, 0.6) is 0 Å². The number of carboxylic acids is 1. The molecule has 1 saturated heterocycles. The van der Waals surface area contributed by atoms with Gasteiger partial charge in [-0.15, -0.1) is 0 Å². The van der Waals surface area contributed by atoms with Gasteiger partial charge in [-0.2, -0.15) is 0 Å². The molecule has 1 aromatic rings. The Kier molecular flexibility index (Phi) is 4.42. The third-order valence-corrected chi connectivity index (χ3v) is 4.07. The Labute approximate surface area is 119 Å². The lowest BCUT2D eigenvalue weighted by Crippen LogP contribution is -2.39. The second-order valence-corrected chi connectivity index (χ2v) is 5.63. The van der Waals surface area contributed by atoms with Crippen LogP contribution in [0.2, 0.25) is 0 Å². The normalized spacial score (nSPS) is 20.3. The third-order valence-electron chi connectivity index (χ3n) is 3.30. The largest absolute Gasteiger partial charge is 0.478 e. The molecule has 0 aromatic heterocycles. The molecule has 1 unspecified atom stereocenters. The van der Waals surface area contributed by atoms with E-state index in [2.05, 4.69) is 26.1 Å². The molecule has 2 rings (SSSR count). The number of likely N-dealkylation sites (tertiary alicyclic amines) is 1. The Balaban J connectivity index is 2.17. The van der Waals surface area contributed by atoms with Gasteiger partial charge >= 0.3 is 5.97 Å². The summed E-state index contributed by atoms with van der Waals surface area (Å²) in [5.41, 5.74) is 0.279. The van der Waals surface area contributed by atoms with Crippen LogP contribution in [-0.4, -0.2) is 42.2 Å². The Morgan fingerprint density at radius 3 is 2.95 bits per heavy atom. The lowest BCUT2D eigenvalue weighted by atomic mass is 10.1. The van der Waals surface area contributed by atoms with E-state index in [9.17, 15) is 9.18 Å². The molecule has 4 nitrogen and oxygen atoms in total. The van der Waals surface area contributed by atoms with Crippen LogP contribution in [0.1, 0.15) is 23.2 Å². The lowest BCUT2D eigenvalue weighted by molar-refractivity contribution is 0.0695. The predicted molar refractivity (Wildman–Crippen MR) is 75.2 cm³/mol. The maximum atomic E-state index is 14.1. The van der Waals surface area contributed by atoms with Gasteiger partial charge in [0.05, 0.1) is 15.7 Å². The van der Waals surface area contributed by atoms with Crippen LogP contribution in [0.4, 0.5) is 10.1 Å². The Hall–Kier alpha value is -1.14. The number of carbonyl (C=O) groups is 1. The molecular weight excluding hydrogens is 315 g/mol. The highest BCUT2D eigenvalue weighted by atomic mass is 79.9. The fraction of sp³-hybridized carbons (Fsp3) is 0.462. The van der Waals surface area contributed by atoms with Gasteiger partial charge in [0.2, 0.25) is 0 Å². The van der Waals surface area contributed by atoms with Crippen LogP contribution >= 0.6 is 15.9 Å². The quantitative estimate of drug-likeness (QED) is 0.894. The van der Waals surface area contributed by atoms with Crippen molar-refractivity contribution in [3.05, 3.63) is 28.0 Å². The molecule has 1 aromatic carbocycles. The minimum absolute atomic E-state index is 0.00540. The van der Waals surface area contributed by atoms with Crippen molar-refractivity contribution < 1.29 is 14.3 Å². The second kappa shape index (κ2) is 5.88. The highest BCUT2D eigenvalue weighted by molar-refractivity contribution is 9.10. The number of likely N-dealkylation sites (N-methyl/N-ethyl adjacent to an activating group) is 1. The Bertz CT molecular complexity index is 496. The Morgan fingerprint density at radius 2 is 2.32 bits per heavy atom. The molecule has 1 heterocycles. The molecule has 1 fully saturated rings. The van der Waals surface area contributed by atoms with E-state index in [0.717, 1.165) is 25.9 Å². The zero-order chi connectivity index (χ0) is 14.0. The first kappa shape index (κ1) is 14.3. The van der Waals surface area contributed by atoms with E-state index < -0.39 is 11.8 Å². The van der Waals surface area contributed by atoms with Crippen LogP contribution in [0.3, 0.4) is 0 Å². The molecule has 0 aliphatic carbocycles. The van der Waals surface area contributed by atoms with Crippen LogP contribution < -0.4 is 5.32 Å². The predicted octanol–water partition coefficient (Wildman–Crippen LogP) is 2.79. The molecule has 0 amide bonds. The van der Waals surface area contributed by atoms with Crippen molar-refractivity contribution in [2.75, 3.05) is 25.5 Å².